The molecule has 0 bridgehead atoms. The van der Waals surface area contributed by atoms with Crippen molar-refractivity contribution in [1.29, 1.82) is 5.26 Å². The second kappa shape index (κ2) is 6.93. The molecule has 1 unspecified atom stereocenters. The smallest absolute Gasteiger partial charge is 0.137 e. The maximum absolute atomic E-state index is 9.05. The Kier molecular flexibility index (Phi) is 4.74. The number of nitrogens with zero attached hydrogens (tertiary/aromatic N) is 3. The molecule has 0 radical (unpaired) electrons. The van der Waals surface area contributed by atoms with Gasteiger partial charge in [0.15, 0.2) is 0 Å². The molecule has 2 saturated heterocycles. The number of benzene rings is 1. The molecule has 0 N–H and O–H groups in total. The zero-order chi connectivity index (χ0) is 14.5. The van der Waals surface area contributed by atoms with Gasteiger partial charge in [0.1, 0.15) is 18.4 Å². The quantitative estimate of drug-likeness (QED) is 0.849. The summed E-state index contributed by atoms with van der Waals surface area (Å²) in [4.78, 5) is 5.15. The predicted molar refractivity (Wildman–Crippen MR) is 82.3 cm³/mol. The van der Waals surface area contributed by atoms with Gasteiger partial charge in [-0.2, -0.15) is 5.26 Å². The monoisotopic (exact) mass is 285 g/mol. The maximum Gasteiger partial charge on any atom is 0.137 e. The van der Waals surface area contributed by atoms with Gasteiger partial charge < -0.3 is 4.74 Å². The Bertz CT molecular complexity index is 511. The van der Waals surface area contributed by atoms with Gasteiger partial charge in [-0.05, 0) is 31.5 Å². The van der Waals surface area contributed by atoms with Crippen molar-refractivity contribution in [3.05, 3.63) is 29.8 Å². The van der Waals surface area contributed by atoms with Crippen molar-refractivity contribution in [2.75, 3.05) is 39.3 Å². The normalized spacial score (nSPS) is 23.3. The molecular weight excluding hydrogens is 262 g/mol. The zero-order valence-corrected chi connectivity index (χ0v) is 12.5. The van der Waals surface area contributed by atoms with Crippen molar-refractivity contribution in [3.8, 4) is 11.8 Å². The van der Waals surface area contributed by atoms with E-state index in [0.29, 0.717) is 17.9 Å². The highest BCUT2D eigenvalue weighted by Gasteiger charge is 2.28. The molecule has 1 atom stereocenters. The van der Waals surface area contributed by atoms with Gasteiger partial charge in [-0.3, -0.25) is 9.80 Å². The number of fused-ring (bicyclic) bond motifs is 1. The molecule has 0 aliphatic carbocycles. The van der Waals surface area contributed by atoms with Gasteiger partial charge in [-0.1, -0.05) is 18.6 Å². The number of rotatable bonds is 4. The Balaban J connectivity index is 1.46. The van der Waals surface area contributed by atoms with Crippen LogP contribution in [-0.2, 0) is 0 Å². The maximum atomic E-state index is 9.05. The van der Waals surface area contributed by atoms with Crippen molar-refractivity contribution in [1.82, 2.24) is 9.80 Å². The first kappa shape index (κ1) is 14.4. The van der Waals surface area contributed by atoms with E-state index in [4.69, 9.17) is 10.00 Å². The molecule has 2 aliphatic rings. The number of piperazine rings is 1. The molecule has 0 saturated carbocycles. The number of piperidine rings is 1. The summed E-state index contributed by atoms with van der Waals surface area (Å²) in [5.41, 5.74) is 0.620. The molecule has 2 fully saturated rings. The summed E-state index contributed by atoms with van der Waals surface area (Å²) in [6, 6.07) is 10.4. The zero-order valence-electron chi connectivity index (χ0n) is 12.5. The molecule has 0 aromatic heterocycles. The van der Waals surface area contributed by atoms with Crippen molar-refractivity contribution in [2.45, 2.75) is 25.3 Å². The molecule has 2 aliphatic heterocycles. The summed E-state index contributed by atoms with van der Waals surface area (Å²) in [5, 5.41) is 9.05. The lowest BCUT2D eigenvalue weighted by Gasteiger charge is -2.44. The molecule has 1 aromatic rings. The van der Waals surface area contributed by atoms with E-state index in [1.165, 1.54) is 38.9 Å². The van der Waals surface area contributed by atoms with Crippen LogP contribution in [0.5, 0.6) is 5.75 Å². The molecular formula is C17H23N3O. The largest absolute Gasteiger partial charge is 0.491 e. The predicted octanol–water partition coefficient (Wildman–Crippen LogP) is 2.11. The summed E-state index contributed by atoms with van der Waals surface area (Å²) in [7, 11) is 0. The molecule has 112 valence electrons. The highest BCUT2D eigenvalue weighted by Crippen LogP contribution is 2.21. The van der Waals surface area contributed by atoms with Crippen molar-refractivity contribution >= 4 is 0 Å². The Morgan fingerprint density at radius 1 is 1.19 bits per heavy atom. The van der Waals surface area contributed by atoms with E-state index in [1.54, 1.807) is 6.07 Å². The molecule has 4 heteroatoms. The summed E-state index contributed by atoms with van der Waals surface area (Å²) >= 11 is 0. The number of hydrogen-bond acceptors (Lipinski definition) is 4. The second-order valence-corrected chi connectivity index (χ2v) is 5.94. The van der Waals surface area contributed by atoms with Crippen LogP contribution in [0.25, 0.3) is 0 Å². The van der Waals surface area contributed by atoms with Crippen LogP contribution < -0.4 is 4.74 Å². The van der Waals surface area contributed by atoms with E-state index < -0.39 is 0 Å². The highest BCUT2D eigenvalue weighted by atomic mass is 16.5. The Labute approximate surface area is 126 Å². The van der Waals surface area contributed by atoms with Gasteiger partial charge in [-0.15, -0.1) is 0 Å². The number of hydrogen-bond donors (Lipinski definition) is 0. The van der Waals surface area contributed by atoms with Gasteiger partial charge in [0.2, 0.25) is 0 Å². The third-order valence-corrected chi connectivity index (χ3v) is 4.59. The molecule has 1 aromatic carbocycles. The lowest BCUT2D eigenvalue weighted by molar-refractivity contribution is 0.0432. The fourth-order valence-electron chi connectivity index (χ4n) is 3.39. The fraction of sp³-hybridized carbons (Fsp3) is 0.588. The van der Waals surface area contributed by atoms with Gasteiger partial charge in [0, 0.05) is 32.2 Å². The van der Waals surface area contributed by atoms with Crippen LogP contribution in [0.15, 0.2) is 24.3 Å². The summed E-state index contributed by atoms with van der Waals surface area (Å²) in [5.74, 6) is 0.705. The van der Waals surface area contributed by atoms with E-state index in [-0.39, 0.29) is 0 Å². The van der Waals surface area contributed by atoms with E-state index in [0.717, 1.165) is 19.1 Å². The topological polar surface area (TPSA) is 39.5 Å². The van der Waals surface area contributed by atoms with Crippen molar-refractivity contribution < 1.29 is 4.74 Å². The van der Waals surface area contributed by atoms with E-state index in [9.17, 15) is 0 Å². The van der Waals surface area contributed by atoms with Crippen LogP contribution in [0.4, 0.5) is 0 Å². The second-order valence-electron chi connectivity index (χ2n) is 5.94. The van der Waals surface area contributed by atoms with E-state index >= 15 is 0 Å². The molecule has 3 rings (SSSR count). The first-order valence-electron chi connectivity index (χ1n) is 7.95. The standard InChI is InChI=1S/C17H23N3O/c18-13-15-5-1-2-7-17(15)21-12-11-19-9-10-20-8-4-3-6-16(20)14-19/h1-2,5,7,16H,3-4,6,8-12,14H2. The van der Waals surface area contributed by atoms with Crippen LogP contribution in [0.3, 0.4) is 0 Å². The molecule has 2 heterocycles. The van der Waals surface area contributed by atoms with Crippen LogP contribution in [0.2, 0.25) is 0 Å². The van der Waals surface area contributed by atoms with Gasteiger partial charge in [0.05, 0.1) is 5.56 Å². The van der Waals surface area contributed by atoms with E-state index in [2.05, 4.69) is 15.9 Å². The lowest BCUT2D eigenvalue weighted by Crippen LogP contribution is -2.55. The minimum Gasteiger partial charge on any atom is -0.491 e. The van der Waals surface area contributed by atoms with Gasteiger partial charge >= 0.3 is 0 Å². The summed E-state index contributed by atoms with van der Waals surface area (Å²) in [6.45, 7) is 6.39. The van der Waals surface area contributed by atoms with Gasteiger partial charge in [0.25, 0.3) is 0 Å². The van der Waals surface area contributed by atoms with Crippen molar-refractivity contribution in [3.63, 3.8) is 0 Å². The average molecular weight is 285 g/mol. The molecule has 4 nitrogen and oxygen atoms in total. The third kappa shape index (κ3) is 3.55. The fourth-order valence-corrected chi connectivity index (χ4v) is 3.39. The van der Waals surface area contributed by atoms with Crippen LogP contribution in [-0.4, -0.2) is 55.2 Å². The average Bonchev–Trinajstić information content (AvgIpc) is 2.55. The molecule has 21 heavy (non-hydrogen) atoms. The Morgan fingerprint density at radius 3 is 3.00 bits per heavy atom. The van der Waals surface area contributed by atoms with E-state index in [1.807, 2.05) is 18.2 Å². The minimum atomic E-state index is 0.620. The highest BCUT2D eigenvalue weighted by molar-refractivity contribution is 5.42. The van der Waals surface area contributed by atoms with Crippen LogP contribution in [0, 0.1) is 11.3 Å². The molecule has 0 spiro atoms. The summed E-state index contributed by atoms with van der Waals surface area (Å²) < 4.78 is 5.79. The number of para-hydroxylation sites is 1. The number of nitriles is 1. The Hall–Kier alpha value is -1.57. The first-order valence-corrected chi connectivity index (χ1v) is 7.95. The SMILES string of the molecule is N#Cc1ccccc1OCCN1CCN2CCCCC2C1. The third-order valence-electron chi connectivity index (χ3n) is 4.59. The minimum absolute atomic E-state index is 0.620. The molecule has 0 amide bonds. The summed E-state index contributed by atoms with van der Waals surface area (Å²) in [6.07, 6.45) is 4.08. The van der Waals surface area contributed by atoms with Gasteiger partial charge in [-0.25, -0.2) is 0 Å². The lowest BCUT2D eigenvalue weighted by atomic mass is 9.99. The number of ether oxygens (including phenoxy) is 1. The van der Waals surface area contributed by atoms with Crippen molar-refractivity contribution in [2.24, 2.45) is 0 Å². The Morgan fingerprint density at radius 2 is 2.10 bits per heavy atom. The first-order chi connectivity index (χ1) is 10.4. The van der Waals surface area contributed by atoms with Crippen LogP contribution in [0.1, 0.15) is 24.8 Å². The van der Waals surface area contributed by atoms with Crippen LogP contribution >= 0.6 is 0 Å².